The van der Waals surface area contributed by atoms with Crippen molar-refractivity contribution in [2.45, 2.75) is 0 Å². The number of pyridine rings is 2. The van der Waals surface area contributed by atoms with Crippen LogP contribution in [0.5, 0.6) is 0 Å². The van der Waals surface area contributed by atoms with E-state index in [1.54, 1.807) is 24.5 Å². The quantitative estimate of drug-likeness (QED) is 0.141. The minimum Gasteiger partial charge on any atom is -0.465 e. The van der Waals surface area contributed by atoms with E-state index in [0.29, 0.717) is 20.1 Å². The van der Waals surface area contributed by atoms with Crippen molar-refractivity contribution in [2.75, 3.05) is 19.5 Å². The molecule has 42 heavy (non-hydrogen) atoms. The molecule has 0 amide bonds. The summed E-state index contributed by atoms with van der Waals surface area (Å²) >= 11 is 18.0. The molecule has 0 aliphatic carbocycles. The number of rotatable bonds is 5. The first-order valence-electron chi connectivity index (χ1n) is 12.2. The van der Waals surface area contributed by atoms with Gasteiger partial charge in [-0.3, -0.25) is 0 Å². The third-order valence-electron chi connectivity index (χ3n) is 6.03. The number of nitrogens with one attached hydrogen (secondary N) is 1. The van der Waals surface area contributed by atoms with Crippen molar-refractivity contribution in [2.24, 2.45) is 0 Å². The molecule has 0 spiro atoms. The molecule has 4 heterocycles. The lowest BCUT2D eigenvalue weighted by atomic mass is 10.1. The van der Waals surface area contributed by atoms with Gasteiger partial charge in [0.05, 0.1) is 35.5 Å². The van der Waals surface area contributed by atoms with Gasteiger partial charge in [-0.25, -0.2) is 19.6 Å². The Bertz CT molecular complexity index is 1870. The highest BCUT2D eigenvalue weighted by Gasteiger charge is 2.16. The average molecular weight is 701 g/mol. The Morgan fingerprint density at radius 2 is 1.29 bits per heavy atom. The van der Waals surface area contributed by atoms with Gasteiger partial charge in [0.1, 0.15) is 20.1 Å². The fourth-order valence-electron chi connectivity index (χ4n) is 3.99. The van der Waals surface area contributed by atoms with E-state index >= 15 is 0 Å². The molecule has 7 nitrogen and oxygen atoms in total. The highest BCUT2D eigenvalue weighted by Crippen LogP contribution is 2.37. The second-order valence-electron chi connectivity index (χ2n) is 8.62. The van der Waals surface area contributed by atoms with E-state index in [1.165, 1.54) is 42.5 Å². The second kappa shape index (κ2) is 13.2. The lowest BCUT2D eigenvalue weighted by Gasteiger charge is -2.09. The summed E-state index contributed by atoms with van der Waals surface area (Å²) in [5.41, 5.74) is 4.02. The molecule has 0 aliphatic rings. The van der Waals surface area contributed by atoms with Crippen LogP contribution in [0, 0.1) is 0 Å². The monoisotopic (exact) mass is 699 g/mol. The number of nitrogens with zero attached hydrogens (tertiary/aromatic N) is 2. The van der Waals surface area contributed by atoms with Crippen molar-refractivity contribution in [1.82, 2.24) is 9.97 Å². The first-order valence-corrected chi connectivity index (χ1v) is 15.4. The number of hydrogen-bond donors (Lipinski definition) is 1. The van der Waals surface area contributed by atoms with Crippen molar-refractivity contribution in [3.8, 4) is 11.1 Å². The summed E-state index contributed by atoms with van der Waals surface area (Å²) in [6, 6.07) is 21.9. The zero-order chi connectivity index (χ0) is 29.8. The summed E-state index contributed by atoms with van der Waals surface area (Å²) in [7, 11) is 2.71. The van der Waals surface area contributed by atoms with Crippen LogP contribution in [-0.2, 0) is 9.47 Å². The van der Waals surface area contributed by atoms with Crippen LogP contribution in [0.4, 0.5) is 11.4 Å². The molecule has 2 aromatic carbocycles. The van der Waals surface area contributed by atoms with Crippen molar-refractivity contribution < 1.29 is 19.1 Å². The number of ether oxygens (including phenoxy) is 2. The first-order chi connectivity index (χ1) is 20.3. The van der Waals surface area contributed by atoms with Crippen LogP contribution in [-0.4, -0.2) is 36.1 Å². The number of esters is 2. The molecule has 0 aliphatic heterocycles. The molecule has 0 radical (unpaired) electrons. The summed E-state index contributed by atoms with van der Waals surface area (Å²) in [6.45, 7) is 0. The molecule has 0 saturated carbocycles. The van der Waals surface area contributed by atoms with E-state index in [0.717, 1.165) is 41.6 Å². The lowest BCUT2D eigenvalue weighted by molar-refractivity contribution is 0.0597. The van der Waals surface area contributed by atoms with E-state index in [9.17, 15) is 9.59 Å². The van der Waals surface area contributed by atoms with Gasteiger partial charge in [0, 0.05) is 27.1 Å². The summed E-state index contributed by atoms with van der Waals surface area (Å²) in [5, 5.41) is 5.84. The summed E-state index contributed by atoms with van der Waals surface area (Å²) in [5.74, 6) is -0.746. The summed E-state index contributed by atoms with van der Waals surface area (Å²) in [6.07, 6.45) is 3.28. The molecule has 0 saturated heterocycles. The molecular formula is C30H20BrCl2N3O4S2. The van der Waals surface area contributed by atoms with Crippen molar-refractivity contribution in [3.05, 3.63) is 104 Å². The molecule has 12 heteroatoms. The Morgan fingerprint density at radius 1 is 0.762 bits per heavy atom. The van der Waals surface area contributed by atoms with Crippen LogP contribution in [0.2, 0.25) is 10.3 Å². The van der Waals surface area contributed by atoms with Gasteiger partial charge in [-0.15, -0.1) is 22.7 Å². The zero-order valence-electron chi connectivity index (χ0n) is 22.0. The molecule has 6 aromatic rings. The van der Waals surface area contributed by atoms with E-state index < -0.39 is 0 Å². The van der Waals surface area contributed by atoms with Gasteiger partial charge in [0.25, 0.3) is 0 Å². The van der Waals surface area contributed by atoms with Gasteiger partial charge in [-0.1, -0.05) is 65.7 Å². The van der Waals surface area contributed by atoms with Crippen molar-refractivity contribution in [1.29, 1.82) is 0 Å². The Hall–Kier alpha value is -3.54. The number of carbonyl (C=O) groups excluding carboxylic acids is 2. The number of fused-ring (bicyclic) bond motifs is 2. The van der Waals surface area contributed by atoms with Gasteiger partial charge in [-0.05, 0) is 51.3 Å². The fourth-order valence-corrected chi connectivity index (χ4v) is 7.03. The standard InChI is InChI=1S/C21H15ClN2O2S.C9H5BrClNO2S/c1-26-21(25)18-11-16-17(12-23-20(22)19(16)27-18)24-15-9-7-14(8-10-15)13-5-3-2-4-6-13;1-14-9(13)6-2-4-5(10)3-12-8(11)7(4)15-6/h2-12,24H,1H3;2-3H,1H3. The van der Waals surface area contributed by atoms with Crippen LogP contribution in [0.3, 0.4) is 0 Å². The number of benzene rings is 2. The Kier molecular flexibility index (Phi) is 9.40. The number of aromatic nitrogens is 2. The number of hydrogen-bond acceptors (Lipinski definition) is 9. The first kappa shape index (κ1) is 29.9. The Balaban J connectivity index is 0.000000199. The summed E-state index contributed by atoms with van der Waals surface area (Å²) < 4.78 is 11.8. The zero-order valence-corrected chi connectivity index (χ0v) is 26.7. The Morgan fingerprint density at radius 3 is 1.86 bits per heavy atom. The van der Waals surface area contributed by atoms with Crippen LogP contribution < -0.4 is 5.32 Å². The number of thiophene rings is 2. The fraction of sp³-hybridized carbons (Fsp3) is 0.0667. The normalized spacial score (nSPS) is 10.7. The van der Waals surface area contributed by atoms with Crippen LogP contribution in [0.1, 0.15) is 19.3 Å². The summed E-state index contributed by atoms with van der Waals surface area (Å²) in [4.78, 5) is 32.4. The molecular weight excluding hydrogens is 681 g/mol. The van der Waals surface area contributed by atoms with Crippen molar-refractivity contribution >= 4 is 105 Å². The van der Waals surface area contributed by atoms with Crippen molar-refractivity contribution in [3.63, 3.8) is 0 Å². The van der Waals surface area contributed by atoms with Crippen LogP contribution in [0.25, 0.3) is 31.3 Å². The highest BCUT2D eigenvalue weighted by atomic mass is 79.9. The number of anilines is 2. The second-order valence-corrected chi connectivity index (χ2v) is 12.3. The molecule has 1 N–H and O–H groups in total. The highest BCUT2D eigenvalue weighted by molar-refractivity contribution is 9.10. The van der Waals surface area contributed by atoms with Gasteiger partial charge in [-0.2, -0.15) is 0 Å². The number of carbonyl (C=O) groups is 2. The third kappa shape index (κ3) is 6.43. The molecule has 6 rings (SSSR count). The van der Waals surface area contributed by atoms with Gasteiger partial charge in [0.2, 0.25) is 0 Å². The Labute approximate surface area is 267 Å². The SMILES string of the molecule is COC(=O)c1cc2c(Br)cnc(Cl)c2s1.COC(=O)c1cc2c(Nc3ccc(-c4ccccc4)cc3)cnc(Cl)c2s1. The van der Waals surface area contributed by atoms with E-state index in [-0.39, 0.29) is 11.9 Å². The molecule has 212 valence electrons. The maximum Gasteiger partial charge on any atom is 0.348 e. The minimum atomic E-state index is -0.384. The smallest absolute Gasteiger partial charge is 0.348 e. The molecule has 0 unspecified atom stereocenters. The molecule has 0 bridgehead atoms. The van der Waals surface area contributed by atoms with Gasteiger partial charge >= 0.3 is 11.9 Å². The minimum absolute atomic E-state index is 0.362. The van der Waals surface area contributed by atoms with E-state index in [4.69, 9.17) is 27.9 Å². The van der Waals surface area contributed by atoms with E-state index in [1.807, 2.05) is 30.3 Å². The maximum atomic E-state index is 11.8. The largest absolute Gasteiger partial charge is 0.465 e. The maximum absolute atomic E-state index is 11.8. The third-order valence-corrected chi connectivity index (χ3v) is 9.70. The molecule has 0 atom stereocenters. The number of methoxy groups -OCH3 is 2. The molecule has 4 aromatic heterocycles. The van der Waals surface area contributed by atoms with Gasteiger partial charge < -0.3 is 14.8 Å². The van der Waals surface area contributed by atoms with Crippen LogP contribution in [0.15, 0.2) is 83.6 Å². The number of halogens is 3. The topological polar surface area (TPSA) is 90.4 Å². The lowest BCUT2D eigenvalue weighted by Crippen LogP contribution is -1.96. The van der Waals surface area contributed by atoms with Gasteiger partial charge in [0.15, 0.2) is 0 Å². The molecule has 0 fully saturated rings. The predicted octanol–water partition coefficient (Wildman–Crippen LogP) is 9.65. The van der Waals surface area contributed by atoms with E-state index in [2.05, 4.69) is 60.2 Å². The average Bonchev–Trinajstić information content (AvgIpc) is 3.68. The van der Waals surface area contributed by atoms with Crippen LogP contribution >= 0.6 is 61.8 Å². The predicted molar refractivity (Wildman–Crippen MR) is 175 cm³/mol.